The van der Waals surface area contributed by atoms with Crippen molar-refractivity contribution in [3.8, 4) is 5.75 Å². The second kappa shape index (κ2) is 7.35. The van der Waals surface area contributed by atoms with Crippen LogP contribution in [0.2, 0.25) is 5.02 Å². The average molecular weight is 362 g/mol. The Kier molecular flexibility index (Phi) is 5.69. The van der Waals surface area contributed by atoms with Gasteiger partial charge >= 0.3 is 0 Å². The highest BCUT2D eigenvalue weighted by Crippen LogP contribution is 2.36. The molecule has 126 valence electrons. The van der Waals surface area contributed by atoms with E-state index in [1.54, 1.807) is 12.1 Å². The summed E-state index contributed by atoms with van der Waals surface area (Å²) < 4.78 is 10.8. The molecule has 0 bridgehead atoms. The quantitative estimate of drug-likeness (QED) is 0.757. The highest BCUT2D eigenvalue weighted by Gasteiger charge is 2.30. The first-order valence-corrected chi connectivity index (χ1v) is 7.37. The average Bonchev–Trinajstić information content (AvgIpc) is 2.97. The van der Waals surface area contributed by atoms with Gasteiger partial charge in [0.2, 0.25) is 0 Å². The van der Waals surface area contributed by atoms with Crippen molar-refractivity contribution in [1.82, 2.24) is 0 Å². The van der Waals surface area contributed by atoms with Crippen LogP contribution in [0, 0.1) is 0 Å². The van der Waals surface area contributed by atoms with E-state index in [1.807, 2.05) is 0 Å². The molecule has 2 amide bonds. The molecule has 9 heteroatoms. The number of hydrogen-bond acceptors (Lipinski definition) is 5. The molecule has 2 aliphatic rings. The van der Waals surface area contributed by atoms with Gasteiger partial charge in [-0.25, -0.2) is 0 Å². The number of nitrogens with two attached hydrogens (primary N) is 1. The molecule has 1 saturated heterocycles. The number of fused-ring (bicyclic) bond motifs is 1. The van der Waals surface area contributed by atoms with E-state index >= 15 is 0 Å². The number of nitrogens with one attached hydrogen (secondary N) is 2. The first-order valence-electron chi connectivity index (χ1n) is 6.99. The lowest BCUT2D eigenvalue weighted by atomic mass is 10.2. The second-order valence-corrected chi connectivity index (χ2v) is 5.62. The van der Waals surface area contributed by atoms with Gasteiger partial charge in [-0.2, -0.15) is 0 Å². The van der Waals surface area contributed by atoms with E-state index in [-0.39, 0.29) is 36.9 Å². The third-order valence-corrected chi connectivity index (χ3v) is 3.94. The highest BCUT2D eigenvalue weighted by atomic mass is 35.5. The highest BCUT2D eigenvalue weighted by molar-refractivity contribution is 6.34. The smallest absolute Gasteiger partial charge is 0.262 e. The molecule has 1 fully saturated rings. The van der Waals surface area contributed by atoms with Crippen LogP contribution < -0.4 is 21.1 Å². The molecule has 0 aliphatic carbocycles. The predicted octanol–water partition coefficient (Wildman–Crippen LogP) is 1.54. The van der Waals surface area contributed by atoms with Crippen LogP contribution in [0.4, 0.5) is 11.4 Å². The number of carbonyl (C=O) groups excluding carboxylic acids is 2. The van der Waals surface area contributed by atoms with Gasteiger partial charge in [-0.1, -0.05) is 11.6 Å². The molecule has 0 unspecified atom stereocenters. The summed E-state index contributed by atoms with van der Waals surface area (Å²) in [6.45, 7) is 0.336. The lowest BCUT2D eigenvalue weighted by Gasteiger charge is -2.20. The first-order chi connectivity index (χ1) is 10.6. The minimum atomic E-state index is -0.527. The Hall–Kier alpha value is -1.54. The Morgan fingerprint density at radius 1 is 1.43 bits per heavy atom. The lowest BCUT2D eigenvalue weighted by Crippen LogP contribution is -2.30. The largest absolute Gasteiger partial charge is 0.482 e. The van der Waals surface area contributed by atoms with Gasteiger partial charge in [0, 0.05) is 12.6 Å². The molecule has 7 nitrogen and oxygen atoms in total. The Morgan fingerprint density at radius 2 is 2.22 bits per heavy atom. The van der Waals surface area contributed by atoms with Crippen LogP contribution in [0.5, 0.6) is 5.75 Å². The Morgan fingerprint density at radius 3 is 2.91 bits per heavy atom. The monoisotopic (exact) mass is 361 g/mol. The van der Waals surface area contributed by atoms with Crippen molar-refractivity contribution in [1.29, 1.82) is 0 Å². The van der Waals surface area contributed by atoms with Crippen LogP contribution in [-0.4, -0.2) is 37.2 Å². The number of ether oxygens (including phenoxy) is 2. The maximum atomic E-state index is 12.2. The third-order valence-electron chi connectivity index (χ3n) is 3.62. The fourth-order valence-electron chi connectivity index (χ4n) is 2.48. The lowest BCUT2D eigenvalue weighted by molar-refractivity contribution is -0.126. The molecule has 0 aromatic heterocycles. The van der Waals surface area contributed by atoms with Crippen LogP contribution in [0.15, 0.2) is 12.1 Å². The van der Waals surface area contributed by atoms with Crippen LogP contribution in [0.25, 0.3) is 0 Å². The summed E-state index contributed by atoms with van der Waals surface area (Å²) in [7, 11) is 0. The summed E-state index contributed by atoms with van der Waals surface area (Å²) in [4.78, 5) is 23.5. The zero-order valence-electron chi connectivity index (χ0n) is 12.1. The summed E-state index contributed by atoms with van der Waals surface area (Å²) in [6, 6.07) is 3.13. The van der Waals surface area contributed by atoms with Crippen molar-refractivity contribution >= 4 is 47.2 Å². The predicted molar refractivity (Wildman–Crippen MR) is 88.4 cm³/mol. The Balaban J connectivity index is 0.00000192. The number of amides is 2. The molecule has 0 radical (unpaired) electrons. The zero-order valence-corrected chi connectivity index (χ0v) is 13.7. The van der Waals surface area contributed by atoms with Gasteiger partial charge in [0.05, 0.1) is 22.5 Å². The maximum absolute atomic E-state index is 12.2. The summed E-state index contributed by atoms with van der Waals surface area (Å²) in [6.07, 6.45) is 0.791. The topological polar surface area (TPSA) is 103 Å². The Bertz CT molecular complexity index is 626. The van der Waals surface area contributed by atoms with Gasteiger partial charge in [-0.15, -0.1) is 12.4 Å². The maximum Gasteiger partial charge on any atom is 0.262 e. The molecule has 2 atom stereocenters. The molecule has 23 heavy (non-hydrogen) atoms. The standard InChI is InChI=1S/C14H16ClN3O4.ClH/c15-8-3-10-12(21-6-13(19)17-10)4-9(8)18-14(20)11-2-1-7(5-16)22-11;/h3-4,7,11H,1-2,5-6,16H2,(H,17,19)(H,18,20);1H/t7-,11+;/m1./s1. The van der Waals surface area contributed by atoms with Crippen molar-refractivity contribution in [3.63, 3.8) is 0 Å². The van der Waals surface area contributed by atoms with Crippen LogP contribution in [0.3, 0.4) is 0 Å². The van der Waals surface area contributed by atoms with E-state index in [9.17, 15) is 9.59 Å². The molecular weight excluding hydrogens is 345 g/mol. The van der Waals surface area contributed by atoms with Crippen molar-refractivity contribution in [2.45, 2.75) is 25.0 Å². The van der Waals surface area contributed by atoms with Crippen LogP contribution >= 0.6 is 24.0 Å². The third kappa shape index (κ3) is 3.87. The van der Waals surface area contributed by atoms with Crippen LogP contribution in [-0.2, 0) is 14.3 Å². The van der Waals surface area contributed by atoms with E-state index in [2.05, 4.69) is 10.6 Å². The molecule has 0 saturated carbocycles. The van der Waals surface area contributed by atoms with E-state index in [0.29, 0.717) is 35.1 Å². The minimum absolute atomic E-state index is 0. The number of benzene rings is 1. The number of hydrogen-bond donors (Lipinski definition) is 3. The number of rotatable bonds is 3. The van der Waals surface area contributed by atoms with Crippen molar-refractivity contribution < 1.29 is 19.1 Å². The van der Waals surface area contributed by atoms with Crippen LogP contribution in [0.1, 0.15) is 12.8 Å². The van der Waals surface area contributed by atoms with Crippen molar-refractivity contribution in [2.24, 2.45) is 5.73 Å². The van der Waals surface area contributed by atoms with E-state index in [4.69, 9.17) is 26.8 Å². The van der Waals surface area contributed by atoms with Gasteiger partial charge in [-0.3, -0.25) is 9.59 Å². The van der Waals surface area contributed by atoms with Crippen molar-refractivity contribution in [3.05, 3.63) is 17.2 Å². The second-order valence-electron chi connectivity index (χ2n) is 5.21. The molecule has 3 rings (SSSR count). The summed E-state index contributed by atoms with van der Waals surface area (Å²) in [5, 5.41) is 5.69. The summed E-state index contributed by atoms with van der Waals surface area (Å²) in [5.41, 5.74) is 6.44. The molecular formula is C14H17Cl2N3O4. The Labute approximate surface area is 144 Å². The van der Waals surface area contributed by atoms with E-state index in [0.717, 1.165) is 6.42 Å². The normalized spacial score (nSPS) is 22.4. The van der Waals surface area contributed by atoms with Crippen molar-refractivity contribution in [2.75, 3.05) is 23.8 Å². The molecule has 1 aromatic rings. The van der Waals surface area contributed by atoms with Gasteiger partial charge in [0.25, 0.3) is 11.8 Å². The number of carbonyl (C=O) groups is 2. The summed E-state index contributed by atoms with van der Waals surface area (Å²) >= 11 is 6.13. The summed E-state index contributed by atoms with van der Waals surface area (Å²) in [5.74, 6) is -0.0448. The molecule has 1 aromatic carbocycles. The van der Waals surface area contributed by atoms with Gasteiger partial charge in [-0.05, 0) is 18.9 Å². The molecule has 2 heterocycles. The van der Waals surface area contributed by atoms with Gasteiger partial charge in [0.15, 0.2) is 6.61 Å². The van der Waals surface area contributed by atoms with E-state index < -0.39 is 6.10 Å². The fraction of sp³-hybridized carbons (Fsp3) is 0.429. The minimum Gasteiger partial charge on any atom is -0.482 e. The molecule has 2 aliphatic heterocycles. The van der Waals surface area contributed by atoms with Gasteiger partial charge < -0.3 is 25.8 Å². The SMILES string of the molecule is Cl.NC[C@H]1CC[C@@H](C(=O)Nc2cc3c(cc2Cl)NC(=O)CO3)O1. The molecule has 4 N–H and O–H groups in total. The van der Waals surface area contributed by atoms with Gasteiger partial charge in [0.1, 0.15) is 11.9 Å². The zero-order chi connectivity index (χ0) is 15.7. The first kappa shape index (κ1) is 17.8. The number of anilines is 2. The fourth-order valence-corrected chi connectivity index (χ4v) is 2.69. The molecule has 0 spiro atoms. The number of halogens is 2. The van der Waals surface area contributed by atoms with E-state index in [1.165, 1.54) is 0 Å².